The molecule has 0 amide bonds. The number of thiazole rings is 2. The van der Waals surface area contributed by atoms with Gasteiger partial charge in [-0.15, -0.1) is 22.7 Å². The van der Waals surface area contributed by atoms with E-state index in [0.29, 0.717) is 43.9 Å². The second kappa shape index (κ2) is 16.4. The molecular weight excluding hydrogens is 717 g/mol. The maximum Gasteiger partial charge on any atom is 0.345 e. The molecule has 0 fully saturated rings. The Morgan fingerprint density at radius 1 is 0.585 bits per heavy atom. The van der Waals surface area contributed by atoms with Crippen molar-refractivity contribution < 1.29 is 24.5 Å². The molecule has 0 aliphatic carbocycles. The monoisotopic (exact) mass is 744 g/mol. The SMILES string of the molecule is O.O=c1oc2ccccc2cc1-c1csc(N/N=C/c2cccc(O)c2)n1.O=c1oc2ccccc2cc1-c1csc(N/N=C/c2cccc(O)c2)n1. The number of phenolic OH excluding ortho intramolecular Hbond substituents is 2. The van der Waals surface area contributed by atoms with Crippen molar-refractivity contribution in [3.05, 3.63) is 152 Å². The summed E-state index contributed by atoms with van der Waals surface area (Å²) >= 11 is 2.66. The predicted molar refractivity (Wildman–Crippen MR) is 209 cm³/mol. The Bertz CT molecular complexity index is 2520. The van der Waals surface area contributed by atoms with Crippen molar-refractivity contribution in [1.82, 2.24) is 9.97 Å². The van der Waals surface area contributed by atoms with Crippen LogP contribution in [0.15, 0.2) is 149 Å². The summed E-state index contributed by atoms with van der Waals surface area (Å²) in [5, 5.41) is 33.4. The maximum atomic E-state index is 12.2. The normalized spacial score (nSPS) is 11.0. The van der Waals surface area contributed by atoms with Gasteiger partial charge in [-0.2, -0.15) is 10.2 Å². The van der Waals surface area contributed by atoms with Crippen molar-refractivity contribution >= 4 is 67.3 Å². The van der Waals surface area contributed by atoms with Gasteiger partial charge in [0.1, 0.15) is 22.7 Å². The number of aromatic hydroxyl groups is 2. The zero-order valence-electron chi connectivity index (χ0n) is 27.3. The van der Waals surface area contributed by atoms with Crippen LogP contribution in [0.5, 0.6) is 11.5 Å². The number of hydrazone groups is 2. The second-order valence-electron chi connectivity index (χ2n) is 11.0. The van der Waals surface area contributed by atoms with Gasteiger partial charge in [0.2, 0.25) is 10.3 Å². The summed E-state index contributed by atoms with van der Waals surface area (Å²) in [6.07, 6.45) is 3.15. The Morgan fingerprint density at radius 2 is 1.02 bits per heavy atom. The van der Waals surface area contributed by atoms with Crippen LogP contribution >= 0.6 is 22.7 Å². The highest BCUT2D eigenvalue weighted by Gasteiger charge is 2.13. The van der Waals surface area contributed by atoms with Gasteiger partial charge in [-0.3, -0.25) is 10.9 Å². The molecule has 0 saturated carbocycles. The van der Waals surface area contributed by atoms with Crippen molar-refractivity contribution in [1.29, 1.82) is 0 Å². The van der Waals surface area contributed by atoms with Gasteiger partial charge in [0, 0.05) is 21.5 Å². The average molecular weight is 745 g/mol. The van der Waals surface area contributed by atoms with E-state index in [1.807, 2.05) is 48.5 Å². The van der Waals surface area contributed by atoms with E-state index in [1.54, 1.807) is 83.9 Å². The van der Waals surface area contributed by atoms with Gasteiger partial charge in [0.25, 0.3) is 0 Å². The minimum absolute atomic E-state index is 0. The fraction of sp³-hybridized carbons (Fsp3) is 0. The molecule has 13 nitrogen and oxygen atoms in total. The average Bonchev–Trinajstić information content (AvgIpc) is 3.82. The molecule has 8 rings (SSSR count). The number of para-hydroxylation sites is 2. The molecule has 0 unspecified atom stereocenters. The van der Waals surface area contributed by atoms with Crippen LogP contribution in [-0.2, 0) is 0 Å². The van der Waals surface area contributed by atoms with Crippen molar-refractivity contribution in [2.75, 3.05) is 10.9 Å². The van der Waals surface area contributed by atoms with Gasteiger partial charge in [-0.05, 0) is 59.7 Å². The fourth-order valence-electron chi connectivity index (χ4n) is 4.91. The first-order chi connectivity index (χ1) is 25.4. The first-order valence-electron chi connectivity index (χ1n) is 15.5. The van der Waals surface area contributed by atoms with E-state index in [1.165, 1.54) is 22.7 Å². The molecule has 15 heteroatoms. The number of anilines is 2. The lowest BCUT2D eigenvalue weighted by Gasteiger charge is -1.99. The van der Waals surface area contributed by atoms with Gasteiger partial charge in [0.15, 0.2) is 0 Å². The number of rotatable bonds is 8. The maximum absolute atomic E-state index is 12.2. The lowest BCUT2D eigenvalue weighted by atomic mass is 10.1. The Morgan fingerprint density at radius 3 is 1.45 bits per heavy atom. The van der Waals surface area contributed by atoms with Crippen LogP contribution in [0.2, 0.25) is 0 Å². The fourth-order valence-corrected chi connectivity index (χ4v) is 6.23. The highest BCUT2D eigenvalue weighted by atomic mass is 32.1. The number of nitrogens with zero attached hydrogens (tertiary/aromatic N) is 4. The summed E-state index contributed by atoms with van der Waals surface area (Å²) < 4.78 is 10.7. The van der Waals surface area contributed by atoms with E-state index in [9.17, 15) is 19.8 Å². The van der Waals surface area contributed by atoms with Gasteiger partial charge < -0.3 is 24.5 Å². The molecule has 0 aliphatic rings. The molecule has 0 radical (unpaired) electrons. The lowest BCUT2D eigenvalue weighted by Crippen LogP contribution is -2.02. The minimum Gasteiger partial charge on any atom is -0.508 e. The number of benzene rings is 4. The first kappa shape index (κ1) is 35.9. The molecule has 6 N–H and O–H groups in total. The zero-order chi connectivity index (χ0) is 35.9. The summed E-state index contributed by atoms with van der Waals surface area (Å²) in [5.41, 5.74) is 9.27. The zero-order valence-corrected chi connectivity index (χ0v) is 29.0. The van der Waals surface area contributed by atoms with Crippen LogP contribution in [0.3, 0.4) is 0 Å². The Balaban J connectivity index is 0.000000178. The summed E-state index contributed by atoms with van der Waals surface area (Å²) in [6.45, 7) is 0. The predicted octanol–water partition coefficient (Wildman–Crippen LogP) is 7.31. The molecule has 0 saturated heterocycles. The van der Waals surface area contributed by atoms with E-state index in [2.05, 4.69) is 31.0 Å². The topological polar surface area (TPSA) is 207 Å². The Kier molecular flexibility index (Phi) is 11.1. The van der Waals surface area contributed by atoms with Crippen LogP contribution in [0, 0.1) is 0 Å². The number of hydrogen-bond donors (Lipinski definition) is 4. The van der Waals surface area contributed by atoms with Crippen LogP contribution in [-0.4, -0.2) is 38.1 Å². The highest BCUT2D eigenvalue weighted by Crippen LogP contribution is 2.27. The smallest absolute Gasteiger partial charge is 0.345 e. The summed E-state index contributed by atoms with van der Waals surface area (Å²) in [6, 6.07) is 31.7. The lowest BCUT2D eigenvalue weighted by molar-refractivity contribution is 0.474. The minimum atomic E-state index is -0.427. The van der Waals surface area contributed by atoms with Crippen LogP contribution in [0.1, 0.15) is 11.1 Å². The number of hydrogen-bond acceptors (Lipinski definition) is 14. The van der Waals surface area contributed by atoms with Gasteiger partial charge in [-0.25, -0.2) is 19.6 Å². The molecule has 0 atom stereocenters. The second-order valence-corrected chi connectivity index (χ2v) is 12.7. The molecular formula is C38H28N6O7S2. The van der Waals surface area contributed by atoms with Crippen LogP contribution < -0.4 is 22.1 Å². The van der Waals surface area contributed by atoms with Crippen LogP contribution in [0.25, 0.3) is 44.5 Å². The molecule has 0 aliphatic heterocycles. The third-order valence-electron chi connectivity index (χ3n) is 7.33. The number of fused-ring (bicyclic) bond motifs is 2. The Labute approximate surface area is 307 Å². The molecule has 0 bridgehead atoms. The van der Waals surface area contributed by atoms with Crippen molar-refractivity contribution in [3.63, 3.8) is 0 Å². The molecule has 0 spiro atoms. The molecule has 4 heterocycles. The third-order valence-corrected chi connectivity index (χ3v) is 8.83. The molecule has 4 aromatic carbocycles. The highest BCUT2D eigenvalue weighted by molar-refractivity contribution is 7.14. The summed E-state index contributed by atoms with van der Waals surface area (Å²) in [7, 11) is 0. The molecule has 8 aromatic rings. The van der Waals surface area contributed by atoms with E-state index >= 15 is 0 Å². The molecule has 53 heavy (non-hydrogen) atoms. The van der Waals surface area contributed by atoms with Gasteiger partial charge >= 0.3 is 11.3 Å². The van der Waals surface area contributed by atoms with Gasteiger partial charge in [0.05, 0.1) is 34.9 Å². The van der Waals surface area contributed by atoms with Crippen LogP contribution in [0.4, 0.5) is 10.3 Å². The largest absolute Gasteiger partial charge is 0.508 e. The summed E-state index contributed by atoms with van der Waals surface area (Å²) in [4.78, 5) is 33.2. The van der Waals surface area contributed by atoms with E-state index in [4.69, 9.17) is 8.83 Å². The Hall–Kier alpha value is -6.94. The van der Waals surface area contributed by atoms with E-state index in [0.717, 1.165) is 21.9 Å². The van der Waals surface area contributed by atoms with E-state index < -0.39 is 11.3 Å². The quantitative estimate of drug-likeness (QED) is 0.0693. The number of phenols is 2. The summed E-state index contributed by atoms with van der Waals surface area (Å²) in [5.74, 6) is 0.349. The van der Waals surface area contributed by atoms with Crippen molar-refractivity contribution in [2.45, 2.75) is 0 Å². The van der Waals surface area contributed by atoms with Crippen molar-refractivity contribution in [3.8, 4) is 34.0 Å². The number of nitrogens with one attached hydrogen (secondary N) is 2. The van der Waals surface area contributed by atoms with Gasteiger partial charge in [-0.1, -0.05) is 60.7 Å². The van der Waals surface area contributed by atoms with Crippen molar-refractivity contribution in [2.24, 2.45) is 10.2 Å². The standard InChI is InChI=1S/2C19H13N3O3S.H2O/c2*23-14-6-3-4-12(8-14)10-20-22-19-21-16(11-26-19)15-9-13-5-1-2-7-17(13)25-18(15)24;/h2*1-11,23H,(H,21,22);1H2/b2*20-10+;. The number of aromatic nitrogens is 2. The first-order valence-corrected chi connectivity index (χ1v) is 17.3. The van der Waals surface area contributed by atoms with E-state index in [-0.39, 0.29) is 17.0 Å². The third kappa shape index (κ3) is 8.87. The molecule has 4 aromatic heterocycles. The molecule has 264 valence electrons.